The molecule has 1 aliphatic heterocycles. The van der Waals surface area contributed by atoms with Crippen molar-refractivity contribution in [3.05, 3.63) is 65.9 Å². The Morgan fingerprint density at radius 2 is 1.97 bits per heavy atom. The molecule has 9 nitrogen and oxygen atoms in total. The lowest BCUT2D eigenvalue weighted by Crippen LogP contribution is -2.40. The molecule has 1 aromatic carbocycles. The minimum atomic E-state index is -0.252. The van der Waals surface area contributed by atoms with Gasteiger partial charge in [0.1, 0.15) is 0 Å². The van der Waals surface area contributed by atoms with Crippen LogP contribution in [-0.4, -0.2) is 56.1 Å². The van der Waals surface area contributed by atoms with Gasteiger partial charge in [-0.15, -0.1) is 0 Å². The van der Waals surface area contributed by atoms with Gasteiger partial charge in [0.05, 0.1) is 16.9 Å². The standard InChI is InChI=1S/C22H25N7O2/c1-2-24-21(30)17-14-29(16-8-4-3-5-9-16)27-18(17)15-7-6-12-28(13-15)22(31)19-20(23)26-11-10-25-19/h3-5,8-11,14-15H,2,6-7,12-13H2,1H3,(H2,23,26)(H,24,30)/t15-/m0/s1. The molecular weight excluding hydrogens is 394 g/mol. The number of benzene rings is 1. The van der Waals surface area contributed by atoms with Crippen LogP contribution in [0.3, 0.4) is 0 Å². The van der Waals surface area contributed by atoms with E-state index < -0.39 is 0 Å². The Labute approximate surface area is 180 Å². The fraction of sp³-hybridized carbons (Fsp3) is 0.318. The third-order valence-corrected chi connectivity index (χ3v) is 5.37. The molecule has 0 unspecified atom stereocenters. The molecule has 2 amide bonds. The molecule has 0 aliphatic carbocycles. The number of para-hydroxylation sites is 1. The van der Waals surface area contributed by atoms with Gasteiger partial charge in [0.25, 0.3) is 11.8 Å². The molecule has 3 heterocycles. The van der Waals surface area contributed by atoms with Gasteiger partial charge in [0, 0.05) is 44.1 Å². The van der Waals surface area contributed by atoms with Crippen LogP contribution in [0.15, 0.2) is 48.9 Å². The zero-order valence-electron chi connectivity index (χ0n) is 17.4. The number of likely N-dealkylation sites (tertiary alicyclic amines) is 1. The molecule has 0 radical (unpaired) electrons. The highest BCUT2D eigenvalue weighted by Gasteiger charge is 2.31. The van der Waals surface area contributed by atoms with E-state index in [1.165, 1.54) is 12.4 Å². The quantitative estimate of drug-likeness (QED) is 0.653. The van der Waals surface area contributed by atoms with E-state index in [1.807, 2.05) is 37.3 Å². The molecule has 3 N–H and O–H groups in total. The van der Waals surface area contributed by atoms with Gasteiger partial charge in [0.15, 0.2) is 11.5 Å². The van der Waals surface area contributed by atoms with Crippen LogP contribution < -0.4 is 11.1 Å². The smallest absolute Gasteiger partial charge is 0.276 e. The molecule has 0 bridgehead atoms. The summed E-state index contributed by atoms with van der Waals surface area (Å²) in [7, 11) is 0. The number of anilines is 1. The number of hydrogen-bond acceptors (Lipinski definition) is 6. The summed E-state index contributed by atoms with van der Waals surface area (Å²) in [6.07, 6.45) is 6.30. The molecule has 1 saturated heterocycles. The molecule has 160 valence electrons. The topological polar surface area (TPSA) is 119 Å². The Morgan fingerprint density at radius 1 is 1.19 bits per heavy atom. The van der Waals surface area contributed by atoms with Gasteiger partial charge in [-0.2, -0.15) is 5.10 Å². The van der Waals surface area contributed by atoms with Crippen LogP contribution in [0.2, 0.25) is 0 Å². The van der Waals surface area contributed by atoms with Crippen LogP contribution in [0.5, 0.6) is 0 Å². The Hall–Kier alpha value is -3.75. The lowest BCUT2D eigenvalue weighted by atomic mass is 9.92. The number of carbonyl (C=O) groups excluding carboxylic acids is 2. The first-order valence-electron chi connectivity index (χ1n) is 10.4. The fourth-order valence-corrected chi connectivity index (χ4v) is 3.88. The first kappa shape index (κ1) is 20.5. The molecule has 0 spiro atoms. The van der Waals surface area contributed by atoms with Crippen molar-refractivity contribution in [2.24, 2.45) is 0 Å². The first-order chi connectivity index (χ1) is 15.1. The zero-order chi connectivity index (χ0) is 21.8. The normalized spacial score (nSPS) is 16.2. The van der Waals surface area contributed by atoms with Gasteiger partial charge in [0.2, 0.25) is 0 Å². The minimum Gasteiger partial charge on any atom is -0.382 e. The summed E-state index contributed by atoms with van der Waals surface area (Å²) >= 11 is 0. The predicted molar refractivity (Wildman–Crippen MR) is 116 cm³/mol. The van der Waals surface area contributed by atoms with Crippen molar-refractivity contribution in [3.8, 4) is 5.69 Å². The lowest BCUT2D eigenvalue weighted by Gasteiger charge is -2.32. The van der Waals surface area contributed by atoms with Gasteiger partial charge in [-0.3, -0.25) is 9.59 Å². The highest BCUT2D eigenvalue weighted by Crippen LogP contribution is 2.30. The van der Waals surface area contributed by atoms with Crippen molar-refractivity contribution in [1.29, 1.82) is 0 Å². The number of nitrogens with zero attached hydrogens (tertiary/aromatic N) is 5. The van der Waals surface area contributed by atoms with E-state index in [4.69, 9.17) is 10.8 Å². The molecule has 0 saturated carbocycles. The van der Waals surface area contributed by atoms with Gasteiger partial charge in [-0.25, -0.2) is 14.6 Å². The molecular formula is C22H25N7O2. The Bertz CT molecular complexity index is 1080. The average molecular weight is 419 g/mol. The number of aromatic nitrogens is 4. The Morgan fingerprint density at radius 3 is 2.71 bits per heavy atom. The van der Waals surface area contributed by atoms with Gasteiger partial charge < -0.3 is 16.0 Å². The summed E-state index contributed by atoms with van der Waals surface area (Å²) in [6.45, 7) is 3.44. The van der Waals surface area contributed by atoms with Crippen molar-refractivity contribution >= 4 is 17.6 Å². The molecule has 31 heavy (non-hydrogen) atoms. The SMILES string of the molecule is CCNC(=O)c1cn(-c2ccccc2)nc1[C@H]1CCCN(C(=O)c2nccnc2N)C1. The van der Waals surface area contributed by atoms with Crippen molar-refractivity contribution in [1.82, 2.24) is 30.0 Å². The summed E-state index contributed by atoms with van der Waals surface area (Å²) < 4.78 is 1.72. The number of nitrogens with one attached hydrogen (secondary N) is 1. The van der Waals surface area contributed by atoms with Crippen molar-refractivity contribution in [2.75, 3.05) is 25.4 Å². The predicted octanol–water partition coefficient (Wildman–Crippen LogP) is 2.01. The van der Waals surface area contributed by atoms with E-state index in [2.05, 4.69) is 15.3 Å². The van der Waals surface area contributed by atoms with E-state index in [1.54, 1.807) is 15.8 Å². The van der Waals surface area contributed by atoms with E-state index in [0.717, 1.165) is 18.5 Å². The van der Waals surface area contributed by atoms with Crippen LogP contribution in [-0.2, 0) is 0 Å². The van der Waals surface area contributed by atoms with Crippen molar-refractivity contribution < 1.29 is 9.59 Å². The molecule has 1 atom stereocenters. The van der Waals surface area contributed by atoms with Gasteiger partial charge in [-0.1, -0.05) is 18.2 Å². The number of nitrogen functional groups attached to an aromatic ring is 1. The molecule has 1 fully saturated rings. The van der Waals surface area contributed by atoms with Crippen LogP contribution >= 0.6 is 0 Å². The number of hydrogen-bond donors (Lipinski definition) is 2. The van der Waals surface area contributed by atoms with Gasteiger partial charge >= 0.3 is 0 Å². The average Bonchev–Trinajstić information content (AvgIpc) is 3.26. The summed E-state index contributed by atoms with van der Waals surface area (Å²) in [6, 6.07) is 9.66. The maximum atomic E-state index is 13.0. The van der Waals surface area contributed by atoms with Gasteiger partial charge in [-0.05, 0) is 31.9 Å². The monoisotopic (exact) mass is 419 g/mol. The molecule has 2 aromatic heterocycles. The van der Waals surface area contributed by atoms with Crippen LogP contribution in [0, 0.1) is 0 Å². The molecule has 3 aromatic rings. The summed E-state index contributed by atoms with van der Waals surface area (Å²) in [5.74, 6) is -0.372. The highest BCUT2D eigenvalue weighted by molar-refractivity contribution is 5.97. The maximum absolute atomic E-state index is 13.0. The summed E-state index contributed by atoms with van der Waals surface area (Å²) in [4.78, 5) is 35.5. The summed E-state index contributed by atoms with van der Waals surface area (Å²) in [5.41, 5.74) is 8.10. The zero-order valence-corrected chi connectivity index (χ0v) is 17.4. The molecule has 4 rings (SSSR count). The number of amides is 2. The third-order valence-electron chi connectivity index (χ3n) is 5.37. The maximum Gasteiger partial charge on any atom is 0.276 e. The Balaban J connectivity index is 1.64. The van der Waals surface area contributed by atoms with Crippen LogP contribution in [0.25, 0.3) is 5.69 Å². The number of carbonyl (C=O) groups is 2. The van der Waals surface area contributed by atoms with E-state index in [-0.39, 0.29) is 29.2 Å². The summed E-state index contributed by atoms with van der Waals surface area (Å²) in [5, 5.41) is 7.62. The minimum absolute atomic E-state index is 0.0711. The fourth-order valence-electron chi connectivity index (χ4n) is 3.88. The van der Waals surface area contributed by atoms with E-state index in [0.29, 0.717) is 30.9 Å². The lowest BCUT2D eigenvalue weighted by molar-refractivity contribution is 0.0700. The van der Waals surface area contributed by atoms with E-state index >= 15 is 0 Å². The van der Waals surface area contributed by atoms with Crippen molar-refractivity contribution in [3.63, 3.8) is 0 Å². The largest absolute Gasteiger partial charge is 0.382 e. The first-order valence-corrected chi connectivity index (χ1v) is 10.4. The number of rotatable bonds is 5. The number of nitrogens with two attached hydrogens (primary N) is 1. The highest BCUT2D eigenvalue weighted by atomic mass is 16.2. The molecule has 1 aliphatic rings. The van der Waals surface area contributed by atoms with Crippen LogP contribution in [0.4, 0.5) is 5.82 Å². The second-order valence-electron chi connectivity index (χ2n) is 7.45. The molecule has 9 heteroatoms. The number of piperidine rings is 1. The second-order valence-corrected chi connectivity index (χ2v) is 7.45. The van der Waals surface area contributed by atoms with E-state index in [9.17, 15) is 9.59 Å². The third kappa shape index (κ3) is 4.25. The Kier molecular flexibility index (Phi) is 5.92. The van der Waals surface area contributed by atoms with Crippen molar-refractivity contribution in [2.45, 2.75) is 25.7 Å². The van der Waals surface area contributed by atoms with Crippen LogP contribution in [0.1, 0.15) is 52.2 Å². The second kappa shape index (κ2) is 8.95.